The van der Waals surface area contributed by atoms with Crippen LogP contribution in [0.15, 0.2) is 9.28 Å². The van der Waals surface area contributed by atoms with Crippen LogP contribution in [0.4, 0.5) is 0 Å². The zero-order valence-electron chi connectivity index (χ0n) is 12.0. The average Bonchev–Trinajstić information content (AvgIpc) is 2.42. The Morgan fingerprint density at radius 3 is 2.44 bits per heavy atom. The molecule has 0 spiro atoms. The van der Waals surface area contributed by atoms with Crippen molar-refractivity contribution in [1.29, 1.82) is 0 Å². The molecule has 1 aliphatic heterocycles. The van der Waals surface area contributed by atoms with Crippen LogP contribution in [0, 0.1) is 0 Å². The van der Waals surface area contributed by atoms with Crippen molar-refractivity contribution in [2.75, 3.05) is 13.2 Å². The maximum Gasteiger partial charge on any atom is 0.157 e. The van der Waals surface area contributed by atoms with Crippen molar-refractivity contribution < 1.29 is 9.47 Å². The minimum atomic E-state index is -1.18. The van der Waals surface area contributed by atoms with Gasteiger partial charge in [0.2, 0.25) is 0 Å². The van der Waals surface area contributed by atoms with E-state index in [0.29, 0.717) is 0 Å². The van der Waals surface area contributed by atoms with Crippen molar-refractivity contribution in [3.05, 3.63) is 9.28 Å². The van der Waals surface area contributed by atoms with Crippen molar-refractivity contribution in [2.24, 2.45) is 0 Å². The quantitative estimate of drug-likeness (QED) is 0.461. The van der Waals surface area contributed by atoms with E-state index in [2.05, 4.69) is 49.4 Å². The molecule has 0 aromatic carbocycles. The maximum absolute atomic E-state index is 5.80. The number of hydrogen-bond donors (Lipinski definition) is 0. The Balaban J connectivity index is 2.44. The molecule has 1 rings (SSSR count). The molecule has 1 aliphatic rings. The van der Waals surface area contributed by atoms with Gasteiger partial charge >= 0.3 is 0 Å². The third-order valence-electron chi connectivity index (χ3n) is 4.22. The van der Waals surface area contributed by atoms with E-state index in [4.69, 9.17) is 9.47 Å². The Morgan fingerprint density at radius 1 is 1.28 bits per heavy atom. The lowest BCUT2D eigenvalue weighted by molar-refractivity contribution is -0.155. The van der Waals surface area contributed by atoms with E-state index in [-0.39, 0.29) is 6.29 Å². The highest BCUT2D eigenvalue weighted by molar-refractivity contribution is 14.1. The highest BCUT2D eigenvalue weighted by Gasteiger charge is 2.29. The van der Waals surface area contributed by atoms with E-state index < -0.39 is 8.07 Å². The summed E-state index contributed by atoms with van der Waals surface area (Å²) < 4.78 is 13.0. The van der Waals surface area contributed by atoms with Gasteiger partial charge in [0.05, 0.1) is 14.7 Å². The molecule has 0 bridgehead atoms. The van der Waals surface area contributed by atoms with E-state index in [1.807, 2.05) is 0 Å². The molecule has 18 heavy (non-hydrogen) atoms. The molecule has 0 aliphatic carbocycles. The van der Waals surface area contributed by atoms with Gasteiger partial charge < -0.3 is 9.47 Å². The van der Waals surface area contributed by atoms with Crippen LogP contribution >= 0.6 is 22.6 Å². The lowest BCUT2D eigenvalue weighted by Crippen LogP contribution is -2.32. The van der Waals surface area contributed by atoms with Crippen LogP contribution in [0.5, 0.6) is 0 Å². The summed E-state index contributed by atoms with van der Waals surface area (Å²) in [7, 11) is -1.18. The molecule has 4 heteroatoms. The Bertz CT molecular complexity index is 250. The summed E-state index contributed by atoms with van der Waals surface area (Å²) in [6.07, 6.45) is 5.83. The molecular weight excluding hydrogens is 355 g/mol. The zero-order valence-corrected chi connectivity index (χ0v) is 15.2. The number of ether oxygens (including phenoxy) is 2. The van der Waals surface area contributed by atoms with Gasteiger partial charge in [0.1, 0.15) is 0 Å². The second-order valence-corrected chi connectivity index (χ2v) is 12.4. The van der Waals surface area contributed by atoms with Gasteiger partial charge in [-0.25, -0.2) is 0 Å². The minimum Gasteiger partial charge on any atom is -0.353 e. The summed E-state index contributed by atoms with van der Waals surface area (Å²) in [6.45, 7) is 8.62. The number of rotatable bonds is 7. The van der Waals surface area contributed by atoms with Crippen LogP contribution in [0.1, 0.15) is 40.0 Å². The molecule has 1 saturated heterocycles. The molecule has 1 heterocycles. The first kappa shape index (κ1) is 16.7. The third-order valence-corrected chi connectivity index (χ3v) is 13.4. The lowest BCUT2D eigenvalue weighted by atomic mass is 10.2. The SMILES string of the molecule is CC[Si](CC)(CC)/C(I)=C/COC1CCCCO1. The molecule has 0 aromatic heterocycles. The van der Waals surface area contributed by atoms with Gasteiger partial charge in [0.25, 0.3) is 0 Å². The maximum atomic E-state index is 5.80. The van der Waals surface area contributed by atoms with Crippen molar-refractivity contribution in [2.45, 2.75) is 64.5 Å². The predicted molar refractivity (Wildman–Crippen MR) is 88.8 cm³/mol. The smallest absolute Gasteiger partial charge is 0.157 e. The number of hydrogen-bond acceptors (Lipinski definition) is 2. The summed E-state index contributed by atoms with van der Waals surface area (Å²) in [5.74, 6) is 0. The molecule has 2 nitrogen and oxygen atoms in total. The summed E-state index contributed by atoms with van der Waals surface area (Å²) in [5.41, 5.74) is 0. The number of halogens is 1. The first-order chi connectivity index (χ1) is 8.68. The van der Waals surface area contributed by atoms with Gasteiger partial charge in [0, 0.05) is 6.61 Å². The van der Waals surface area contributed by atoms with E-state index in [1.165, 1.54) is 31.0 Å². The Kier molecular flexibility index (Phi) is 8.06. The van der Waals surface area contributed by atoms with Crippen LogP contribution in [-0.2, 0) is 9.47 Å². The summed E-state index contributed by atoms with van der Waals surface area (Å²) in [5, 5.41) is 0. The standard InChI is InChI=1S/C14H27IO2Si/c1-4-18(5-2,6-3)13(15)10-12-17-14-9-7-8-11-16-14/h10,14H,4-9,11-12H2,1-3H3/b13-10+. The summed E-state index contributed by atoms with van der Waals surface area (Å²) in [4.78, 5) is 0. The Morgan fingerprint density at radius 2 is 1.94 bits per heavy atom. The van der Waals surface area contributed by atoms with E-state index in [0.717, 1.165) is 19.6 Å². The molecule has 1 fully saturated rings. The van der Waals surface area contributed by atoms with Crippen LogP contribution in [-0.4, -0.2) is 27.6 Å². The van der Waals surface area contributed by atoms with Crippen LogP contribution < -0.4 is 0 Å². The predicted octanol–water partition coefficient (Wildman–Crippen LogP) is 4.90. The molecule has 106 valence electrons. The molecule has 0 radical (unpaired) electrons. The minimum absolute atomic E-state index is 0.0418. The molecule has 0 N–H and O–H groups in total. The normalized spacial score (nSPS) is 22.2. The topological polar surface area (TPSA) is 18.5 Å². The lowest BCUT2D eigenvalue weighted by Gasteiger charge is -2.28. The molecule has 0 amide bonds. The molecule has 0 saturated carbocycles. The van der Waals surface area contributed by atoms with Crippen LogP contribution in [0.3, 0.4) is 0 Å². The fourth-order valence-corrected chi connectivity index (χ4v) is 9.19. The van der Waals surface area contributed by atoms with Gasteiger partial charge in [-0.3, -0.25) is 0 Å². The van der Waals surface area contributed by atoms with Crippen molar-refractivity contribution in [3.63, 3.8) is 0 Å². The summed E-state index contributed by atoms with van der Waals surface area (Å²) in [6, 6.07) is 4.03. The Hall–Kier alpha value is 0.607. The highest BCUT2D eigenvalue weighted by Crippen LogP contribution is 2.32. The van der Waals surface area contributed by atoms with Gasteiger partial charge in [-0.05, 0) is 22.5 Å². The summed E-state index contributed by atoms with van der Waals surface area (Å²) >= 11 is 2.55. The molecule has 1 atom stereocenters. The highest BCUT2D eigenvalue weighted by atomic mass is 127. The van der Waals surface area contributed by atoms with Gasteiger partial charge in [-0.1, -0.05) is 67.6 Å². The Labute approximate surface area is 127 Å². The average molecular weight is 382 g/mol. The molecule has 0 aromatic rings. The molecular formula is C14H27IO2Si. The van der Waals surface area contributed by atoms with Crippen LogP contribution in [0.2, 0.25) is 18.1 Å². The van der Waals surface area contributed by atoms with Crippen molar-refractivity contribution >= 4 is 30.7 Å². The largest absolute Gasteiger partial charge is 0.353 e. The molecule has 1 unspecified atom stereocenters. The fraction of sp³-hybridized carbons (Fsp3) is 0.857. The van der Waals surface area contributed by atoms with Gasteiger partial charge in [-0.2, -0.15) is 0 Å². The zero-order chi connectivity index (χ0) is 13.4. The van der Waals surface area contributed by atoms with Crippen molar-refractivity contribution in [3.8, 4) is 0 Å². The first-order valence-electron chi connectivity index (χ1n) is 7.27. The van der Waals surface area contributed by atoms with Gasteiger partial charge in [-0.15, -0.1) is 0 Å². The second-order valence-electron chi connectivity index (χ2n) is 5.02. The van der Waals surface area contributed by atoms with Crippen LogP contribution in [0.25, 0.3) is 0 Å². The van der Waals surface area contributed by atoms with Crippen molar-refractivity contribution in [1.82, 2.24) is 0 Å². The third kappa shape index (κ3) is 4.61. The van der Waals surface area contributed by atoms with E-state index >= 15 is 0 Å². The fourth-order valence-electron chi connectivity index (χ4n) is 2.54. The second kappa shape index (κ2) is 8.71. The monoisotopic (exact) mass is 382 g/mol. The van der Waals surface area contributed by atoms with E-state index in [1.54, 1.807) is 3.20 Å². The van der Waals surface area contributed by atoms with Gasteiger partial charge in [0.15, 0.2) is 6.29 Å². The van der Waals surface area contributed by atoms with E-state index in [9.17, 15) is 0 Å². The first-order valence-corrected chi connectivity index (χ1v) is 11.0.